The standard InChI is InChI=1S/C82H51N5O/c1-6-26-52(27-7-1)63-48-67-68-49-64(53-28-8-2-9-29-53)74(86-71-43-23-18-38-60(71)61-39-19-24-44-72(61)86)51-76(68)87(75(67)50-73(63)85-69-41-21-16-36-58(69)59-37-17-22-42-70(59)85)80-65(54-30-10-3-11-31-54)46-57(47-66(80)55-32-12-4-13-33-55)78-81-79(62-40-20-25-45-77(62)88-81)84-82(83-78)56-34-14-5-15-35-56/h1-51H. The first-order valence-electron chi connectivity index (χ1n) is 30.0. The van der Waals surface area contributed by atoms with Gasteiger partial charge in [-0.3, -0.25) is 0 Å². The van der Waals surface area contributed by atoms with E-state index in [4.69, 9.17) is 14.4 Å². The van der Waals surface area contributed by atoms with Crippen molar-refractivity contribution in [1.82, 2.24) is 23.7 Å². The number of nitrogens with zero attached hydrogens (tertiary/aromatic N) is 5. The fourth-order valence-electron chi connectivity index (χ4n) is 13.9. The SMILES string of the molecule is c1ccc(-c2nc(-c3cc(-c4ccccc4)c(-n4c5cc(-n6c7ccccc7c7ccccc76)c(-c6ccccc6)cc5c5cc(-c6ccccc6)c(-n6c7ccccc7c7ccccc76)cc54)c(-c4ccccc4)c3)c3oc4ccccc4c3n2)cc1. The van der Waals surface area contributed by atoms with Crippen molar-refractivity contribution in [3.8, 4) is 84.2 Å². The van der Waals surface area contributed by atoms with E-state index in [9.17, 15) is 0 Å². The maximum Gasteiger partial charge on any atom is 0.180 e. The van der Waals surface area contributed by atoms with E-state index in [1.807, 2.05) is 36.4 Å². The lowest BCUT2D eigenvalue weighted by molar-refractivity contribution is 0.667. The lowest BCUT2D eigenvalue weighted by Crippen LogP contribution is -2.04. The molecule has 5 aromatic heterocycles. The molecule has 6 nitrogen and oxygen atoms in total. The van der Waals surface area contributed by atoms with E-state index in [2.05, 4.69) is 287 Å². The molecule has 6 heteroatoms. The molecule has 0 radical (unpaired) electrons. The van der Waals surface area contributed by atoms with E-state index < -0.39 is 0 Å². The van der Waals surface area contributed by atoms with Gasteiger partial charge in [-0.1, -0.05) is 237 Å². The largest absolute Gasteiger partial charge is 0.452 e. The zero-order valence-corrected chi connectivity index (χ0v) is 47.6. The quantitative estimate of drug-likeness (QED) is 0.145. The number of furan rings is 1. The highest BCUT2D eigenvalue weighted by Gasteiger charge is 2.29. The van der Waals surface area contributed by atoms with Crippen LogP contribution in [0.15, 0.2) is 314 Å². The van der Waals surface area contributed by atoms with Gasteiger partial charge >= 0.3 is 0 Å². The van der Waals surface area contributed by atoms with Crippen molar-refractivity contribution in [3.63, 3.8) is 0 Å². The Labute approximate surface area is 506 Å². The van der Waals surface area contributed by atoms with Gasteiger partial charge in [0, 0.05) is 71.1 Å². The van der Waals surface area contributed by atoms with Gasteiger partial charge in [0.25, 0.3) is 0 Å². The van der Waals surface area contributed by atoms with E-state index in [1.54, 1.807) is 0 Å². The van der Waals surface area contributed by atoms with Gasteiger partial charge in [0.15, 0.2) is 11.4 Å². The summed E-state index contributed by atoms with van der Waals surface area (Å²) in [6, 6.07) is 112. The minimum Gasteiger partial charge on any atom is -0.452 e. The molecule has 0 aliphatic rings. The van der Waals surface area contributed by atoms with Crippen LogP contribution in [0.4, 0.5) is 0 Å². The third kappa shape index (κ3) is 7.69. The normalized spacial score (nSPS) is 11.9. The van der Waals surface area contributed by atoms with Gasteiger partial charge in [-0.25, -0.2) is 9.97 Å². The summed E-state index contributed by atoms with van der Waals surface area (Å²) in [5.41, 5.74) is 23.2. The maximum atomic E-state index is 6.92. The Kier molecular flexibility index (Phi) is 11.2. The number of fused-ring (bicyclic) bond motifs is 12. The van der Waals surface area contributed by atoms with E-state index >= 15 is 0 Å². The maximum absolute atomic E-state index is 6.92. The summed E-state index contributed by atoms with van der Waals surface area (Å²) >= 11 is 0. The summed E-state index contributed by atoms with van der Waals surface area (Å²) in [4.78, 5) is 10.8. The van der Waals surface area contributed by atoms with Crippen LogP contribution >= 0.6 is 0 Å². The Hall–Kier alpha value is -11.9. The van der Waals surface area contributed by atoms with Crippen LogP contribution in [0.2, 0.25) is 0 Å². The van der Waals surface area contributed by atoms with Crippen LogP contribution < -0.4 is 0 Å². The summed E-state index contributed by atoms with van der Waals surface area (Å²) in [5, 5.41) is 7.99. The van der Waals surface area contributed by atoms with Crippen molar-refractivity contribution < 1.29 is 4.42 Å². The molecule has 18 rings (SSSR count). The van der Waals surface area contributed by atoms with E-state index in [0.29, 0.717) is 17.1 Å². The molecule has 0 N–H and O–H groups in total. The molecule has 0 atom stereocenters. The average Bonchev–Trinajstić information content (AvgIpc) is 2.78. The van der Waals surface area contributed by atoms with Crippen LogP contribution in [0.3, 0.4) is 0 Å². The van der Waals surface area contributed by atoms with E-state index in [0.717, 1.165) is 133 Å². The molecule has 0 saturated carbocycles. The smallest absolute Gasteiger partial charge is 0.180 e. The molecule has 18 aromatic rings. The fourth-order valence-corrected chi connectivity index (χ4v) is 13.9. The van der Waals surface area contributed by atoms with Crippen LogP contribution in [0, 0.1) is 0 Å². The first-order chi connectivity index (χ1) is 43.7. The summed E-state index contributed by atoms with van der Waals surface area (Å²) in [6.07, 6.45) is 0. The Morgan fingerprint density at radius 1 is 0.250 bits per heavy atom. The highest BCUT2D eigenvalue weighted by Crippen LogP contribution is 2.50. The van der Waals surface area contributed by atoms with Crippen LogP contribution in [-0.4, -0.2) is 23.7 Å². The molecule has 0 saturated heterocycles. The van der Waals surface area contributed by atoms with Gasteiger partial charge in [0.1, 0.15) is 16.8 Å². The predicted octanol–water partition coefficient (Wildman–Crippen LogP) is 21.7. The first kappa shape index (κ1) is 49.6. The Balaban J connectivity index is 1.05. The number of aromatic nitrogens is 5. The third-order valence-electron chi connectivity index (χ3n) is 17.8. The number of benzene rings is 13. The molecule has 0 unspecified atom stereocenters. The van der Waals surface area contributed by atoms with E-state index in [1.165, 1.54) is 21.5 Å². The van der Waals surface area contributed by atoms with Crippen molar-refractivity contribution in [3.05, 3.63) is 309 Å². The molecule has 5 heterocycles. The van der Waals surface area contributed by atoms with E-state index in [-0.39, 0.29) is 0 Å². The molecule has 0 amide bonds. The lowest BCUT2D eigenvalue weighted by atomic mass is 9.91. The zero-order chi connectivity index (χ0) is 57.8. The second-order valence-electron chi connectivity index (χ2n) is 22.8. The minimum absolute atomic E-state index is 0.627. The highest BCUT2D eigenvalue weighted by atomic mass is 16.3. The first-order valence-corrected chi connectivity index (χ1v) is 30.0. The van der Waals surface area contributed by atoms with Gasteiger partial charge in [0.05, 0.1) is 50.2 Å². The van der Waals surface area contributed by atoms with Crippen molar-refractivity contribution in [2.24, 2.45) is 0 Å². The molecule has 0 fully saturated rings. The average molecular weight is 1120 g/mol. The van der Waals surface area contributed by atoms with Crippen LogP contribution in [-0.2, 0) is 0 Å². The van der Waals surface area contributed by atoms with Gasteiger partial charge in [-0.05, 0) is 95.1 Å². The molecule has 0 spiro atoms. The second kappa shape index (κ2) is 19.9. The summed E-state index contributed by atoms with van der Waals surface area (Å²) in [6.45, 7) is 0. The highest BCUT2D eigenvalue weighted by molar-refractivity contribution is 6.18. The van der Waals surface area contributed by atoms with Crippen molar-refractivity contribution in [1.29, 1.82) is 0 Å². The molecule has 13 aromatic carbocycles. The van der Waals surface area contributed by atoms with Crippen molar-refractivity contribution in [2.45, 2.75) is 0 Å². The molecule has 0 bridgehead atoms. The molecular formula is C82H51N5O. The Morgan fingerprint density at radius 2 is 0.602 bits per heavy atom. The lowest BCUT2D eigenvalue weighted by Gasteiger charge is -2.22. The molecule has 410 valence electrons. The number of rotatable bonds is 9. The van der Waals surface area contributed by atoms with Crippen molar-refractivity contribution in [2.75, 3.05) is 0 Å². The summed E-state index contributed by atoms with van der Waals surface area (Å²) in [5.74, 6) is 0.627. The fraction of sp³-hybridized carbons (Fsp3) is 0. The summed E-state index contributed by atoms with van der Waals surface area (Å²) < 4.78 is 14.5. The van der Waals surface area contributed by atoms with Gasteiger partial charge in [-0.15, -0.1) is 0 Å². The third-order valence-corrected chi connectivity index (χ3v) is 17.8. The Morgan fingerprint density at radius 3 is 1.02 bits per heavy atom. The van der Waals surface area contributed by atoms with Gasteiger partial charge in [0.2, 0.25) is 0 Å². The second-order valence-corrected chi connectivity index (χ2v) is 22.8. The number of para-hydroxylation sites is 5. The molecule has 0 aliphatic heterocycles. The number of hydrogen-bond acceptors (Lipinski definition) is 3. The van der Waals surface area contributed by atoms with Crippen LogP contribution in [0.5, 0.6) is 0 Å². The molecular weight excluding hydrogens is 1070 g/mol. The predicted molar refractivity (Wildman–Crippen MR) is 365 cm³/mol. The van der Waals surface area contributed by atoms with Gasteiger partial charge in [-0.2, -0.15) is 0 Å². The van der Waals surface area contributed by atoms with Crippen LogP contribution in [0.25, 0.3) is 172 Å². The monoisotopic (exact) mass is 1120 g/mol. The zero-order valence-electron chi connectivity index (χ0n) is 47.6. The van der Waals surface area contributed by atoms with Gasteiger partial charge < -0.3 is 18.1 Å². The molecule has 0 aliphatic carbocycles. The minimum atomic E-state index is 0.627. The molecule has 88 heavy (non-hydrogen) atoms. The van der Waals surface area contributed by atoms with Crippen LogP contribution in [0.1, 0.15) is 0 Å². The summed E-state index contributed by atoms with van der Waals surface area (Å²) in [7, 11) is 0. The topological polar surface area (TPSA) is 53.7 Å². The Bertz CT molecular complexity index is 5400. The van der Waals surface area contributed by atoms with Crippen molar-refractivity contribution >= 4 is 87.5 Å². The number of hydrogen-bond donors (Lipinski definition) is 0.